The van der Waals surface area contributed by atoms with Crippen LogP contribution in [0.5, 0.6) is 0 Å². The Morgan fingerprint density at radius 3 is 2.79 bits per heavy atom. The number of hydrogen-bond acceptors (Lipinski definition) is 5. The van der Waals surface area contributed by atoms with Gasteiger partial charge in [-0.05, 0) is 32.1 Å². The molecular weight excluding hydrogens is 302 g/mol. The monoisotopic (exact) mass is 319 g/mol. The summed E-state index contributed by atoms with van der Waals surface area (Å²) in [7, 11) is -3.59. The van der Waals surface area contributed by atoms with E-state index in [0.717, 1.165) is 31.4 Å². The molecule has 1 aromatic heterocycles. The largest absolute Gasteiger partial charge is 0.392 e. The molecule has 5 nitrogen and oxygen atoms in total. The topological polar surface area (TPSA) is 85.1 Å². The lowest BCUT2D eigenvalue weighted by Gasteiger charge is -2.14. The molecule has 1 aliphatic carbocycles. The van der Waals surface area contributed by atoms with E-state index in [1.54, 1.807) is 6.92 Å². The number of aromatic nitrogens is 1. The molecular formula is C11H17N3O2S3. The van der Waals surface area contributed by atoms with E-state index in [-0.39, 0.29) is 4.99 Å². The van der Waals surface area contributed by atoms with Crippen molar-refractivity contribution >= 4 is 43.7 Å². The van der Waals surface area contributed by atoms with Crippen molar-refractivity contribution in [2.75, 3.05) is 4.72 Å². The SMILES string of the molecule is CCC(C(N)=S)S(=O)(=O)Nc1nc2c(s1)CCCC2. The zero-order valence-electron chi connectivity index (χ0n) is 10.7. The van der Waals surface area contributed by atoms with Crippen LogP contribution in [0, 0.1) is 0 Å². The van der Waals surface area contributed by atoms with E-state index < -0.39 is 15.3 Å². The Morgan fingerprint density at radius 2 is 2.21 bits per heavy atom. The van der Waals surface area contributed by atoms with Crippen molar-refractivity contribution in [2.24, 2.45) is 5.73 Å². The molecule has 0 amide bonds. The summed E-state index contributed by atoms with van der Waals surface area (Å²) >= 11 is 6.23. The number of nitrogens with zero attached hydrogens (tertiary/aromatic N) is 1. The molecule has 0 saturated heterocycles. The number of thiazole rings is 1. The van der Waals surface area contributed by atoms with E-state index >= 15 is 0 Å². The van der Waals surface area contributed by atoms with Gasteiger partial charge in [0.05, 0.1) is 10.7 Å². The fourth-order valence-corrected chi connectivity index (χ4v) is 5.30. The summed E-state index contributed by atoms with van der Waals surface area (Å²) in [6, 6.07) is 0. The van der Waals surface area contributed by atoms with Gasteiger partial charge in [-0.2, -0.15) is 0 Å². The summed E-state index contributed by atoms with van der Waals surface area (Å²) in [6.45, 7) is 1.75. The number of rotatable bonds is 5. The number of anilines is 1. The Balaban J connectivity index is 2.20. The maximum absolute atomic E-state index is 12.2. The van der Waals surface area contributed by atoms with Crippen LogP contribution < -0.4 is 10.5 Å². The average Bonchev–Trinajstić information content (AvgIpc) is 2.69. The molecule has 1 heterocycles. The Hall–Kier alpha value is -0.730. The van der Waals surface area contributed by atoms with Crippen molar-refractivity contribution < 1.29 is 8.42 Å². The van der Waals surface area contributed by atoms with Crippen molar-refractivity contribution in [1.82, 2.24) is 4.98 Å². The first-order valence-electron chi connectivity index (χ1n) is 6.23. The predicted octanol–water partition coefficient (Wildman–Crippen LogP) is 1.83. The second kappa shape index (κ2) is 5.72. The lowest BCUT2D eigenvalue weighted by molar-refractivity contribution is 0.594. The molecule has 0 bridgehead atoms. The van der Waals surface area contributed by atoms with Crippen molar-refractivity contribution in [3.05, 3.63) is 10.6 Å². The van der Waals surface area contributed by atoms with Crippen LogP contribution in [0.4, 0.5) is 5.13 Å². The first-order valence-corrected chi connectivity index (χ1v) is 9.00. The number of hydrogen-bond donors (Lipinski definition) is 2. The normalized spacial score (nSPS) is 16.7. The lowest BCUT2D eigenvalue weighted by Crippen LogP contribution is -2.37. The average molecular weight is 319 g/mol. The van der Waals surface area contributed by atoms with Crippen molar-refractivity contribution in [1.29, 1.82) is 0 Å². The fraction of sp³-hybridized carbons (Fsp3) is 0.636. The summed E-state index contributed by atoms with van der Waals surface area (Å²) in [5.41, 5.74) is 6.51. The second-order valence-corrected chi connectivity index (χ2v) is 7.96. The minimum absolute atomic E-state index is 0.00341. The highest BCUT2D eigenvalue weighted by molar-refractivity contribution is 7.95. The number of fused-ring (bicyclic) bond motifs is 1. The molecule has 8 heteroatoms. The van der Waals surface area contributed by atoms with E-state index in [2.05, 4.69) is 9.71 Å². The van der Waals surface area contributed by atoms with E-state index in [4.69, 9.17) is 18.0 Å². The summed E-state index contributed by atoms with van der Waals surface area (Å²) in [5, 5.41) is -0.412. The highest BCUT2D eigenvalue weighted by Crippen LogP contribution is 2.30. The van der Waals surface area contributed by atoms with E-state index in [1.807, 2.05) is 0 Å². The van der Waals surface area contributed by atoms with E-state index in [0.29, 0.717) is 11.6 Å². The Morgan fingerprint density at radius 1 is 1.53 bits per heavy atom. The summed E-state index contributed by atoms with van der Waals surface area (Å²) in [4.78, 5) is 5.54. The number of nitrogens with two attached hydrogens (primary N) is 1. The number of sulfonamides is 1. The van der Waals surface area contributed by atoms with Gasteiger partial charge < -0.3 is 5.73 Å². The molecule has 0 aromatic carbocycles. The van der Waals surface area contributed by atoms with Gasteiger partial charge in [0.1, 0.15) is 5.25 Å². The van der Waals surface area contributed by atoms with Crippen molar-refractivity contribution in [3.63, 3.8) is 0 Å². The third kappa shape index (κ3) is 3.24. The van der Waals surface area contributed by atoms with Gasteiger partial charge in [0.25, 0.3) is 0 Å². The summed E-state index contributed by atoms with van der Waals surface area (Å²) in [5.74, 6) is 0. The van der Waals surface area contributed by atoms with Crippen molar-refractivity contribution in [3.8, 4) is 0 Å². The molecule has 106 valence electrons. The van der Waals surface area contributed by atoms with Gasteiger partial charge in [-0.25, -0.2) is 13.4 Å². The molecule has 1 aliphatic rings. The highest BCUT2D eigenvalue weighted by atomic mass is 32.2. The first-order chi connectivity index (χ1) is 8.94. The fourth-order valence-electron chi connectivity index (χ4n) is 2.16. The van der Waals surface area contributed by atoms with E-state index in [1.165, 1.54) is 16.2 Å². The van der Waals surface area contributed by atoms with Crippen LogP contribution in [-0.2, 0) is 22.9 Å². The maximum atomic E-state index is 12.2. The molecule has 0 spiro atoms. The number of aryl methyl sites for hydroxylation is 2. The molecule has 0 aliphatic heterocycles. The van der Waals surface area contributed by atoms with Crippen LogP contribution in [0.1, 0.15) is 36.8 Å². The van der Waals surface area contributed by atoms with Gasteiger partial charge in [0, 0.05) is 4.88 Å². The molecule has 0 radical (unpaired) electrons. The van der Waals surface area contributed by atoms with Crippen LogP contribution in [0.15, 0.2) is 0 Å². The molecule has 19 heavy (non-hydrogen) atoms. The third-order valence-corrected chi connectivity index (χ3v) is 6.59. The summed E-state index contributed by atoms with van der Waals surface area (Å²) < 4.78 is 26.9. The zero-order valence-corrected chi connectivity index (χ0v) is 13.1. The quantitative estimate of drug-likeness (QED) is 0.809. The van der Waals surface area contributed by atoms with E-state index in [9.17, 15) is 8.42 Å². The first kappa shape index (κ1) is 14.7. The van der Waals surface area contributed by atoms with Crippen molar-refractivity contribution in [2.45, 2.75) is 44.3 Å². The molecule has 1 aromatic rings. The van der Waals surface area contributed by atoms with Gasteiger partial charge in [-0.15, -0.1) is 11.3 Å². The molecule has 0 saturated carbocycles. The second-order valence-electron chi connectivity index (χ2n) is 4.54. The van der Waals surface area contributed by atoms with Gasteiger partial charge in [0.15, 0.2) is 5.13 Å². The molecule has 1 unspecified atom stereocenters. The molecule has 1 atom stereocenters. The Bertz CT molecular complexity index is 557. The number of nitrogens with one attached hydrogen (secondary N) is 1. The summed E-state index contributed by atoms with van der Waals surface area (Å²) in [6.07, 6.45) is 4.54. The maximum Gasteiger partial charge on any atom is 0.243 e. The van der Waals surface area contributed by atoms with Gasteiger partial charge in [0.2, 0.25) is 10.0 Å². The van der Waals surface area contributed by atoms with Crippen LogP contribution in [0.25, 0.3) is 0 Å². The smallest absolute Gasteiger partial charge is 0.243 e. The minimum Gasteiger partial charge on any atom is -0.392 e. The van der Waals surface area contributed by atoms with Gasteiger partial charge in [-0.1, -0.05) is 19.1 Å². The standard InChI is InChI=1S/C11H17N3O2S3/c1-2-9(10(12)17)19(15,16)14-11-13-7-5-3-4-6-8(7)18-11/h9H,2-6H2,1H3,(H2,12,17)(H,13,14). The Kier molecular flexibility index (Phi) is 4.42. The molecule has 2 rings (SSSR count). The highest BCUT2D eigenvalue weighted by Gasteiger charge is 2.28. The van der Waals surface area contributed by atoms with Crippen LogP contribution >= 0.6 is 23.6 Å². The van der Waals surface area contributed by atoms with Gasteiger partial charge in [-0.3, -0.25) is 4.72 Å². The predicted molar refractivity (Wildman–Crippen MR) is 82.2 cm³/mol. The molecule has 3 N–H and O–H groups in total. The molecule has 0 fully saturated rings. The van der Waals surface area contributed by atoms with Crippen LogP contribution in [-0.4, -0.2) is 23.6 Å². The lowest BCUT2D eigenvalue weighted by atomic mass is 10.0. The minimum atomic E-state index is -3.59. The number of thiocarbonyl (C=S) groups is 1. The Labute approximate surface area is 122 Å². The van der Waals surface area contributed by atoms with Crippen LogP contribution in [0.3, 0.4) is 0 Å². The zero-order chi connectivity index (χ0) is 14.0. The van der Waals surface area contributed by atoms with Gasteiger partial charge >= 0.3 is 0 Å². The van der Waals surface area contributed by atoms with Crippen LogP contribution in [0.2, 0.25) is 0 Å². The third-order valence-electron chi connectivity index (χ3n) is 3.14.